The normalized spacial score (nSPS) is 10.4. The summed E-state index contributed by atoms with van der Waals surface area (Å²) in [5, 5.41) is 3.51. The molecule has 0 saturated carbocycles. The van der Waals surface area contributed by atoms with Crippen LogP contribution in [0.15, 0.2) is 69.6 Å². The molecule has 0 aromatic heterocycles. The summed E-state index contributed by atoms with van der Waals surface area (Å²) in [4.78, 5) is 24.4. The first kappa shape index (κ1) is 22.6. The molecular weight excluding hydrogens is 561 g/mol. The van der Waals surface area contributed by atoms with Crippen molar-refractivity contribution in [2.45, 2.75) is 0 Å². The Morgan fingerprint density at radius 1 is 0.933 bits per heavy atom. The van der Waals surface area contributed by atoms with Gasteiger partial charge in [0.25, 0.3) is 5.91 Å². The lowest BCUT2D eigenvalue weighted by Crippen LogP contribution is -2.18. The summed E-state index contributed by atoms with van der Waals surface area (Å²) in [6, 6.07) is 16.2. The molecule has 154 valence electrons. The van der Waals surface area contributed by atoms with Crippen LogP contribution < -0.4 is 14.8 Å². The molecule has 30 heavy (non-hydrogen) atoms. The number of benzene rings is 3. The molecule has 0 radical (unpaired) electrons. The third kappa shape index (κ3) is 6.22. The number of nitrogens with one attached hydrogen (secondary N) is 1. The fraction of sp³-hybridized carbons (Fsp3) is 0.0476. The molecule has 0 aliphatic rings. The third-order valence-electron chi connectivity index (χ3n) is 3.76. The summed E-state index contributed by atoms with van der Waals surface area (Å²) in [5.41, 5.74) is 0.766. The molecule has 0 heterocycles. The van der Waals surface area contributed by atoms with Crippen LogP contribution in [0.3, 0.4) is 0 Å². The van der Waals surface area contributed by atoms with Gasteiger partial charge in [-0.1, -0.05) is 39.1 Å². The monoisotopic (exact) mass is 571 g/mol. The second kappa shape index (κ2) is 10.3. The maximum absolute atomic E-state index is 12.4. The highest BCUT2D eigenvalue weighted by Gasteiger charge is 2.12. The molecule has 5 nitrogen and oxygen atoms in total. The van der Waals surface area contributed by atoms with Crippen LogP contribution in [0, 0.1) is 0 Å². The number of carbonyl (C=O) groups excluding carboxylic acids is 2. The highest BCUT2D eigenvalue weighted by molar-refractivity contribution is 9.11. The van der Waals surface area contributed by atoms with E-state index in [4.69, 9.17) is 32.7 Å². The van der Waals surface area contributed by atoms with E-state index in [1.807, 2.05) is 0 Å². The van der Waals surface area contributed by atoms with Crippen LogP contribution in [-0.4, -0.2) is 18.5 Å². The Morgan fingerprint density at radius 2 is 1.67 bits per heavy atom. The molecule has 0 fully saturated rings. The molecule has 1 amide bonds. The predicted molar refractivity (Wildman–Crippen MR) is 124 cm³/mol. The lowest BCUT2D eigenvalue weighted by atomic mass is 10.2. The van der Waals surface area contributed by atoms with Crippen molar-refractivity contribution < 1.29 is 19.1 Å². The van der Waals surface area contributed by atoms with E-state index in [2.05, 4.69) is 37.2 Å². The zero-order valence-electron chi connectivity index (χ0n) is 15.1. The minimum atomic E-state index is -0.576. The number of carbonyl (C=O) groups is 2. The van der Waals surface area contributed by atoms with Crippen molar-refractivity contribution in [1.29, 1.82) is 0 Å². The van der Waals surface area contributed by atoms with Crippen LogP contribution in [0.2, 0.25) is 10.0 Å². The maximum Gasteiger partial charge on any atom is 0.349 e. The van der Waals surface area contributed by atoms with Gasteiger partial charge in [0.15, 0.2) is 6.61 Å². The summed E-state index contributed by atoms with van der Waals surface area (Å²) < 4.78 is 12.3. The minimum absolute atomic E-state index is 0.268. The molecule has 0 aliphatic carbocycles. The predicted octanol–water partition coefficient (Wildman–Crippen LogP) is 6.76. The van der Waals surface area contributed by atoms with Gasteiger partial charge in [-0.25, -0.2) is 4.79 Å². The van der Waals surface area contributed by atoms with Gasteiger partial charge in [0, 0.05) is 15.1 Å². The zero-order chi connectivity index (χ0) is 21.7. The summed E-state index contributed by atoms with van der Waals surface area (Å²) in [5.74, 6) is -0.147. The van der Waals surface area contributed by atoms with Crippen LogP contribution in [-0.2, 0) is 4.79 Å². The number of amides is 1. The highest BCUT2D eigenvalue weighted by Crippen LogP contribution is 2.28. The number of hydrogen-bond donors (Lipinski definition) is 1. The Balaban J connectivity index is 1.56. The van der Waals surface area contributed by atoms with Gasteiger partial charge in [-0.3, -0.25) is 4.79 Å². The number of anilines is 1. The van der Waals surface area contributed by atoms with Crippen LogP contribution in [0.4, 0.5) is 5.69 Å². The first-order chi connectivity index (χ1) is 14.3. The molecule has 3 rings (SSSR count). The van der Waals surface area contributed by atoms with E-state index in [1.54, 1.807) is 36.4 Å². The topological polar surface area (TPSA) is 64.6 Å². The number of esters is 1. The maximum atomic E-state index is 12.4. The number of ether oxygens (including phenoxy) is 2. The third-order valence-corrected chi connectivity index (χ3v) is 5.44. The van der Waals surface area contributed by atoms with Crippen LogP contribution >= 0.6 is 55.1 Å². The first-order valence-corrected chi connectivity index (χ1v) is 10.8. The van der Waals surface area contributed by atoms with Crippen molar-refractivity contribution in [2.24, 2.45) is 0 Å². The second-order valence-corrected chi connectivity index (χ2v) is 8.55. The molecular formula is C21H13Br2Cl2NO4. The van der Waals surface area contributed by atoms with Crippen molar-refractivity contribution in [3.8, 4) is 11.5 Å². The average molecular weight is 574 g/mol. The quantitative estimate of drug-likeness (QED) is 0.261. The van der Waals surface area contributed by atoms with Gasteiger partial charge in [0.2, 0.25) is 0 Å². The molecule has 3 aromatic rings. The van der Waals surface area contributed by atoms with Crippen molar-refractivity contribution in [1.82, 2.24) is 0 Å². The molecule has 0 atom stereocenters. The molecule has 0 aliphatic heterocycles. The first-order valence-electron chi connectivity index (χ1n) is 8.47. The fourth-order valence-corrected chi connectivity index (χ4v) is 3.85. The summed E-state index contributed by atoms with van der Waals surface area (Å²) in [7, 11) is 0. The summed E-state index contributed by atoms with van der Waals surface area (Å²) in [6.45, 7) is -0.268. The van der Waals surface area contributed by atoms with Gasteiger partial charge in [0.05, 0.1) is 15.2 Å². The number of rotatable bonds is 6. The van der Waals surface area contributed by atoms with E-state index in [1.165, 1.54) is 24.3 Å². The number of hydrogen-bond acceptors (Lipinski definition) is 4. The van der Waals surface area contributed by atoms with Gasteiger partial charge >= 0.3 is 5.97 Å². The standard InChI is InChI=1S/C21H13Br2Cl2NO4/c22-13-3-8-19(16(23)9-13)29-11-20(27)30-15-5-1-12(2-6-15)21(28)26-18-10-14(24)4-7-17(18)25/h1-10H,11H2,(H,26,28). The molecule has 0 spiro atoms. The molecule has 1 N–H and O–H groups in total. The molecule has 0 unspecified atom stereocenters. The van der Waals surface area contributed by atoms with Crippen LogP contribution in [0.1, 0.15) is 10.4 Å². The average Bonchev–Trinajstić information content (AvgIpc) is 2.70. The molecule has 0 bridgehead atoms. The Hall–Kier alpha value is -2.06. The van der Waals surface area contributed by atoms with Crippen molar-refractivity contribution in [2.75, 3.05) is 11.9 Å². The fourth-order valence-electron chi connectivity index (χ4n) is 2.35. The van der Waals surface area contributed by atoms with Crippen LogP contribution in [0.5, 0.6) is 11.5 Å². The minimum Gasteiger partial charge on any atom is -0.481 e. The van der Waals surface area contributed by atoms with Gasteiger partial charge in [0.1, 0.15) is 11.5 Å². The van der Waals surface area contributed by atoms with Crippen molar-refractivity contribution in [3.05, 3.63) is 85.2 Å². The van der Waals surface area contributed by atoms with Gasteiger partial charge in [-0.2, -0.15) is 0 Å². The SMILES string of the molecule is O=C(COc1ccc(Br)cc1Br)Oc1ccc(C(=O)Nc2cc(Cl)ccc2Cl)cc1. The second-order valence-electron chi connectivity index (χ2n) is 5.94. The van der Waals surface area contributed by atoms with E-state index in [-0.39, 0.29) is 18.3 Å². The molecule has 9 heteroatoms. The van der Waals surface area contributed by atoms with Gasteiger partial charge in [-0.15, -0.1) is 0 Å². The highest BCUT2D eigenvalue weighted by atomic mass is 79.9. The Morgan fingerprint density at radius 3 is 2.37 bits per heavy atom. The van der Waals surface area contributed by atoms with Crippen LogP contribution in [0.25, 0.3) is 0 Å². The van der Waals surface area contributed by atoms with Gasteiger partial charge < -0.3 is 14.8 Å². The Bertz CT molecular complexity index is 1090. The molecule has 0 saturated heterocycles. The van der Waals surface area contributed by atoms with E-state index >= 15 is 0 Å². The van der Waals surface area contributed by atoms with E-state index in [9.17, 15) is 9.59 Å². The van der Waals surface area contributed by atoms with E-state index in [0.717, 1.165) is 4.47 Å². The Kier molecular flexibility index (Phi) is 7.77. The van der Waals surface area contributed by atoms with Gasteiger partial charge in [-0.05, 0) is 76.6 Å². The lowest BCUT2D eigenvalue weighted by molar-refractivity contribution is -0.136. The van der Waals surface area contributed by atoms with E-state index < -0.39 is 5.97 Å². The van der Waals surface area contributed by atoms with Crippen molar-refractivity contribution in [3.63, 3.8) is 0 Å². The summed E-state index contributed by atoms with van der Waals surface area (Å²) >= 11 is 18.7. The lowest BCUT2D eigenvalue weighted by Gasteiger charge is -2.10. The smallest absolute Gasteiger partial charge is 0.349 e. The van der Waals surface area contributed by atoms with E-state index in [0.29, 0.717) is 31.5 Å². The number of halogens is 4. The summed E-state index contributed by atoms with van der Waals surface area (Å²) in [6.07, 6.45) is 0. The molecule has 3 aromatic carbocycles. The largest absolute Gasteiger partial charge is 0.481 e. The van der Waals surface area contributed by atoms with Crippen molar-refractivity contribution >= 4 is 72.6 Å². The Labute approximate surface area is 199 Å². The zero-order valence-corrected chi connectivity index (χ0v) is 19.8.